The van der Waals surface area contributed by atoms with Crippen LogP contribution < -0.4 is 5.73 Å². The number of hydrogen-bond donors (Lipinski definition) is 1. The lowest BCUT2D eigenvalue weighted by molar-refractivity contribution is 0.735. The fraction of sp³-hybridized carbons (Fsp3) is 1.00. The molecule has 1 aliphatic rings. The van der Waals surface area contributed by atoms with E-state index in [2.05, 4.69) is 26.2 Å². The standard InChI is InChI=1S/C11H27NSi2/c1-13(2)9-6-10-14(3,4)11(13)7-5-8-12/h11H,5-10,12H2,1-4H3. The smallest absolute Gasteiger partial charge is 0.0478 e. The second-order valence-corrected chi connectivity index (χ2v) is 17.2. The molecular weight excluding hydrogens is 202 g/mol. The Morgan fingerprint density at radius 2 is 1.57 bits per heavy atom. The second kappa shape index (κ2) is 4.50. The molecular formula is C11H27NSi2. The first-order valence-electron chi connectivity index (χ1n) is 6.10. The van der Waals surface area contributed by atoms with Crippen molar-refractivity contribution in [3.05, 3.63) is 0 Å². The molecule has 0 aromatic heterocycles. The number of nitrogens with two attached hydrogens (primary N) is 1. The average molecular weight is 230 g/mol. The van der Waals surface area contributed by atoms with Crippen LogP contribution in [0.3, 0.4) is 0 Å². The van der Waals surface area contributed by atoms with Gasteiger partial charge in [0.1, 0.15) is 0 Å². The van der Waals surface area contributed by atoms with Gasteiger partial charge in [0, 0.05) is 16.1 Å². The van der Waals surface area contributed by atoms with E-state index < -0.39 is 16.1 Å². The van der Waals surface area contributed by atoms with Gasteiger partial charge in [-0.25, -0.2) is 0 Å². The van der Waals surface area contributed by atoms with Crippen LogP contribution in [0.15, 0.2) is 0 Å². The zero-order chi connectivity index (χ0) is 10.8. The van der Waals surface area contributed by atoms with Crippen molar-refractivity contribution in [3.8, 4) is 0 Å². The Bertz CT molecular complexity index is 174. The van der Waals surface area contributed by atoms with Crippen LogP contribution in [0.5, 0.6) is 0 Å². The van der Waals surface area contributed by atoms with E-state index in [4.69, 9.17) is 5.73 Å². The van der Waals surface area contributed by atoms with Gasteiger partial charge in [-0.1, -0.05) is 51.1 Å². The highest BCUT2D eigenvalue weighted by molar-refractivity contribution is 6.98. The molecule has 0 atom stereocenters. The van der Waals surface area contributed by atoms with E-state index in [1.165, 1.54) is 19.3 Å². The third kappa shape index (κ3) is 2.70. The summed E-state index contributed by atoms with van der Waals surface area (Å²) in [6.07, 6.45) is 4.23. The van der Waals surface area contributed by atoms with Gasteiger partial charge in [0.25, 0.3) is 0 Å². The molecule has 1 aliphatic heterocycles. The van der Waals surface area contributed by atoms with Crippen LogP contribution in [0.1, 0.15) is 19.3 Å². The summed E-state index contributed by atoms with van der Waals surface area (Å²) in [7, 11) is -1.77. The topological polar surface area (TPSA) is 26.0 Å². The Morgan fingerprint density at radius 1 is 1.07 bits per heavy atom. The number of hydrogen-bond acceptors (Lipinski definition) is 1. The molecule has 0 aromatic rings. The van der Waals surface area contributed by atoms with Gasteiger partial charge in [0.15, 0.2) is 0 Å². The average Bonchev–Trinajstić information content (AvgIpc) is 2.01. The third-order valence-corrected chi connectivity index (χ3v) is 16.5. The van der Waals surface area contributed by atoms with E-state index >= 15 is 0 Å². The highest BCUT2D eigenvalue weighted by Crippen LogP contribution is 2.45. The van der Waals surface area contributed by atoms with Crippen LogP contribution >= 0.6 is 0 Å². The summed E-state index contributed by atoms with van der Waals surface area (Å²) in [5.74, 6) is 0. The van der Waals surface area contributed by atoms with E-state index in [1.54, 1.807) is 12.1 Å². The predicted molar refractivity (Wildman–Crippen MR) is 71.2 cm³/mol. The molecule has 0 saturated carbocycles. The summed E-state index contributed by atoms with van der Waals surface area (Å²) in [6, 6.07) is 3.14. The van der Waals surface area contributed by atoms with Crippen molar-refractivity contribution in [2.45, 2.75) is 62.7 Å². The van der Waals surface area contributed by atoms with Crippen molar-refractivity contribution in [1.82, 2.24) is 0 Å². The zero-order valence-corrected chi connectivity index (χ0v) is 12.4. The van der Waals surface area contributed by atoms with Gasteiger partial charge >= 0.3 is 0 Å². The summed E-state index contributed by atoms with van der Waals surface area (Å²) in [5, 5.41) is 1.13. The van der Waals surface area contributed by atoms with Crippen LogP contribution in [0, 0.1) is 0 Å². The molecule has 1 nitrogen and oxygen atoms in total. The third-order valence-electron chi connectivity index (χ3n) is 4.23. The van der Waals surface area contributed by atoms with Crippen molar-refractivity contribution < 1.29 is 0 Å². The molecule has 0 aromatic carbocycles. The minimum atomic E-state index is -0.886. The minimum Gasteiger partial charge on any atom is -0.330 e. The van der Waals surface area contributed by atoms with Crippen LogP contribution in [0.2, 0.25) is 43.4 Å². The quantitative estimate of drug-likeness (QED) is 0.737. The summed E-state index contributed by atoms with van der Waals surface area (Å²) in [6.45, 7) is 11.3. The Balaban J connectivity index is 2.70. The van der Waals surface area contributed by atoms with E-state index in [1.807, 2.05) is 0 Å². The van der Waals surface area contributed by atoms with Crippen LogP contribution in [0.4, 0.5) is 0 Å². The maximum Gasteiger partial charge on any atom is 0.0478 e. The summed E-state index contributed by atoms with van der Waals surface area (Å²) in [5.41, 5.74) is 5.65. The van der Waals surface area contributed by atoms with E-state index in [0.717, 1.165) is 11.7 Å². The van der Waals surface area contributed by atoms with Crippen molar-refractivity contribution in [2.75, 3.05) is 6.54 Å². The predicted octanol–water partition coefficient (Wildman–Crippen LogP) is 3.46. The Hall–Kier alpha value is 0.394. The molecule has 0 radical (unpaired) electrons. The molecule has 1 rings (SSSR count). The highest BCUT2D eigenvalue weighted by Gasteiger charge is 2.45. The maximum atomic E-state index is 5.65. The van der Waals surface area contributed by atoms with Gasteiger partial charge in [0.05, 0.1) is 0 Å². The molecule has 1 fully saturated rings. The van der Waals surface area contributed by atoms with Crippen molar-refractivity contribution in [3.63, 3.8) is 0 Å². The van der Waals surface area contributed by atoms with E-state index in [9.17, 15) is 0 Å². The lowest BCUT2D eigenvalue weighted by atomic mass is 10.3. The molecule has 3 heteroatoms. The van der Waals surface area contributed by atoms with Crippen LogP contribution in [-0.2, 0) is 0 Å². The second-order valence-electron chi connectivity index (χ2n) is 6.31. The van der Waals surface area contributed by atoms with Crippen LogP contribution in [-0.4, -0.2) is 22.7 Å². The molecule has 0 aliphatic carbocycles. The molecule has 84 valence electrons. The van der Waals surface area contributed by atoms with Gasteiger partial charge in [0.2, 0.25) is 0 Å². The monoisotopic (exact) mass is 229 g/mol. The summed E-state index contributed by atoms with van der Waals surface area (Å²) >= 11 is 0. The lowest BCUT2D eigenvalue weighted by Crippen LogP contribution is -2.51. The molecule has 2 N–H and O–H groups in total. The van der Waals surface area contributed by atoms with Crippen molar-refractivity contribution in [2.24, 2.45) is 5.73 Å². The first-order chi connectivity index (χ1) is 6.40. The fourth-order valence-electron chi connectivity index (χ4n) is 3.51. The van der Waals surface area contributed by atoms with Gasteiger partial charge in [-0.15, -0.1) is 0 Å². The van der Waals surface area contributed by atoms with Gasteiger partial charge < -0.3 is 5.73 Å². The first-order valence-corrected chi connectivity index (χ1v) is 12.7. The Kier molecular flexibility index (Phi) is 4.00. The summed E-state index contributed by atoms with van der Waals surface area (Å²) < 4.78 is 0. The fourth-order valence-corrected chi connectivity index (χ4v) is 18.0. The van der Waals surface area contributed by atoms with Crippen molar-refractivity contribution in [1.29, 1.82) is 0 Å². The van der Waals surface area contributed by atoms with E-state index in [-0.39, 0.29) is 0 Å². The Morgan fingerprint density at radius 3 is 2.00 bits per heavy atom. The van der Waals surface area contributed by atoms with Gasteiger partial charge in [-0.2, -0.15) is 0 Å². The summed E-state index contributed by atoms with van der Waals surface area (Å²) in [4.78, 5) is 0. The molecule has 0 bridgehead atoms. The zero-order valence-electron chi connectivity index (χ0n) is 10.4. The normalized spacial score (nSPS) is 26.4. The molecule has 14 heavy (non-hydrogen) atoms. The maximum absolute atomic E-state index is 5.65. The Labute approximate surface area is 91.5 Å². The number of rotatable bonds is 3. The molecule has 0 unspecified atom stereocenters. The molecule has 1 heterocycles. The van der Waals surface area contributed by atoms with Gasteiger partial charge in [-0.3, -0.25) is 0 Å². The first kappa shape index (κ1) is 12.5. The minimum absolute atomic E-state index is 0.886. The van der Waals surface area contributed by atoms with Gasteiger partial charge in [-0.05, 0) is 18.1 Å². The largest absolute Gasteiger partial charge is 0.330 e. The van der Waals surface area contributed by atoms with Crippen molar-refractivity contribution >= 4 is 16.1 Å². The van der Waals surface area contributed by atoms with E-state index in [0.29, 0.717) is 0 Å². The SMILES string of the molecule is C[Si]1(C)CCC[Si](C)(C)C1CCCN. The lowest BCUT2D eigenvalue weighted by Gasteiger charge is -2.47. The highest BCUT2D eigenvalue weighted by atomic mass is 28.4. The van der Waals surface area contributed by atoms with Crippen LogP contribution in [0.25, 0.3) is 0 Å². The molecule has 1 saturated heterocycles. The molecule has 0 spiro atoms. The molecule has 0 amide bonds.